The minimum absolute atomic E-state index is 0.496. The predicted molar refractivity (Wildman–Crippen MR) is 96.2 cm³/mol. The van der Waals surface area contributed by atoms with Gasteiger partial charge < -0.3 is 0 Å². The van der Waals surface area contributed by atoms with Crippen molar-refractivity contribution in [2.75, 3.05) is 13.1 Å². The number of fused-ring (bicyclic) bond motifs is 1. The van der Waals surface area contributed by atoms with Gasteiger partial charge >= 0.3 is 0 Å². The normalized spacial score (nSPS) is 13.0. The van der Waals surface area contributed by atoms with Gasteiger partial charge in [-0.05, 0) is 10.8 Å². The third-order valence-corrected chi connectivity index (χ3v) is 8.32. The van der Waals surface area contributed by atoms with E-state index < -0.39 is 18.1 Å². The highest BCUT2D eigenvalue weighted by Crippen LogP contribution is 2.32. The number of hydrogen-bond donors (Lipinski definition) is 0. The van der Waals surface area contributed by atoms with Crippen LogP contribution in [0.15, 0.2) is 41.3 Å². The minimum atomic E-state index is -3.46. The molecule has 0 N–H and O–H groups in total. The van der Waals surface area contributed by atoms with Crippen molar-refractivity contribution in [1.29, 1.82) is 0 Å². The van der Waals surface area contributed by atoms with Gasteiger partial charge in [-0.25, -0.2) is 8.42 Å². The molecule has 0 aromatic carbocycles. The van der Waals surface area contributed by atoms with E-state index in [1.807, 2.05) is 44.2 Å². The number of nitrogens with zero attached hydrogens (tertiary/aromatic N) is 1. The molecule has 0 amide bonds. The van der Waals surface area contributed by atoms with E-state index in [-0.39, 0.29) is 0 Å². The van der Waals surface area contributed by atoms with Crippen LogP contribution in [0.4, 0.5) is 0 Å². The molecule has 0 aromatic rings. The first-order valence-corrected chi connectivity index (χ1v) is 12.7. The van der Waals surface area contributed by atoms with Gasteiger partial charge in [-0.3, -0.25) is 0 Å². The van der Waals surface area contributed by atoms with Gasteiger partial charge in [-0.1, -0.05) is 69.9 Å². The first kappa shape index (κ1) is 17.2. The molecule has 0 radical (unpaired) electrons. The molecule has 3 nitrogen and oxygen atoms in total. The minimum Gasteiger partial charge on any atom is -0.207 e. The molecule has 0 saturated carbocycles. The van der Waals surface area contributed by atoms with E-state index in [0.717, 1.165) is 16.3 Å². The molecule has 120 valence electrons. The van der Waals surface area contributed by atoms with Crippen LogP contribution < -0.4 is 5.19 Å². The van der Waals surface area contributed by atoms with Gasteiger partial charge in [0.25, 0.3) is 0 Å². The lowest BCUT2D eigenvalue weighted by Gasteiger charge is -2.23. The summed E-state index contributed by atoms with van der Waals surface area (Å²) in [4.78, 5) is 0.529. The van der Waals surface area contributed by atoms with Gasteiger partial charge in [0.05, 0.1) is 13.0 Å². The molecule has 0 spiro atoms. The summed E-state index contributed by atoms with van der Waals surface area (Å²) < 4.78 is 27.9. The zero-order valence-electron chi connectivity index (χ0n) is 14.1. The van der Waals surface area contributed by atoms with Crippen LogP contribution >= 0.6 is 0 Å². The van der Waals surface area contributed by atoms with Crippen molar-refractivity contribution < 1.29 is 8.42 Å². The lowest BCUT2D eigenvalue weighted by Crippen LogP contribution is -2.42. The van der Waals surface area contributed by atoms with Crippen molar-refractivity contribution in [3.05, 3.63) is 36.4 Å². The second kappa shape index (κ2) is 6.14. The fraction of sp³-hybridized carbons (Fsp3) is 0.412. The largest absolute Gasteiger partial charge is 0.243 e. The van der Waals surface area contributed by atoms with E-state index in [2.05, 4.69) is 25.7 Å². The maximum absolute atomic E-state index is 13.2. The van der Waals surface area contributed by atoms with Gasteiger partial charge in [0.15, 0.2) is 0 Å². The van der Waals surface area contributed by atoms with Crippen LogP contribution in [0.3, 0.4) is 0 Å². The highest BCUT2D eigenvalue weighted by molar-refractivity contribution is 7.89. The summed E-state index contributed by atoms with van der Waals surface area (Å²) in [7, 11) is -5.23. The fourth-order valence-electron chi connectivity index (χ4n) is 2.79. The van der Waals surface area contributed by atoms with E-state index in [1.165, 1.54) is 0 Å². The van der Waals surface area contributed by atoms with E-state index in [4.69, 9.17) is 0 Å². The van der Waals surface area contributed by atoms with Crippen LogP contribution in [0.5, 0.6) is 0 Å². The molecular weight excluding hydrogens is 310 g/mol. The summed E-state index contributed by atoms with van der Waals surface area (Å²) in [6, 6.07) is 11.8. The van der Waals surface area contributed by atoms with Crippen LogP contribution in [-0.4, -0.2) is 33.9 Å². The van der Waals surface area contributed by atoms with Crippen molar-refractivity contribution in [3.63, 3.8) is 0 Å². The first-order valence-electron chi connectivity index (χ1n) is 7.75. The van der Waals surface area contributed by atoms with Crippen molar-refractivity contribution in [2.24, 2.45) is 0 Å². The van der Waals surface area contributed by atoms with Crippen molar-refractivity contribution >= 4 is 23.3 Å². The Kier molecular flexibility index (Phi) is 4.80. The van der Waals surface area contributed by atoms with Gasteiger partial charge in [0, 0.05) is 18.7 Å². The van der Waals surface area contributed by atoms with Gasteiger partial charge in [0.1, 0.15) is 0 Å². The Balaban J connectivity index is 2.84. The van der Waals surface area contributed by atoms with Crippen LogP contribution in [0.25, 0.3) is 11.1 Å². The Bertz CT molecular complexity index is 731. The van der Waals surface area contributed by atoms with E-state index in [0.29, 0.717) is 18.0 Å². The zero-order chi connectivity index (χ0) is 16.5. The second-order valence-electron chi connectivity index (χ2n) is 6.51. The molecule has 5 heteroatoms. The molecule has 0 unspecified atom stereocenters. The molecule has 2 rings (SSSR count). The quantitative estimate of drug-likeness (QED) is 0.786. The molecular formula is C17H25NO2SSi. The molecule has 2 aliphatic carbocycles. The van der Waals surface area contributed by atoms with Crippen LogP contribution in [0.2, 0.25) is 19.6 Å². The fourth-order valence-corrected chi connectivity index (χ4v) is 7.24. The number of sulfonamides is 1. The van der Waals surface area contributed by atoms with Gasteiger partial charge in [0.2, 0.25) is 10.0 Å². The molecule has 2 aliphatic rings. The highest BCUT2D eigenvalue weighted by atomic mass is 32.2. The van der Waals surface area contributed by atoms with Crippen LogP contribution in [0.1, 0.15) is 13.8 Å². The average molecular weight is 336 g/mol. The Morgan fingerprint density at radius 3 is 2.14 bits per heavy atom. The first-order chi connectivity index (χ1) is 10.2. The Morgan fingerprint density at radius 2 is 1.59 bits per heavy atom. The molecule has 22 heavy (non-hydrogen) atoms. The maximum Gasteiger partial charge on any atom is 0.243 e. The van der Waals surface area contributed by atoms with Crippen molar-refractivity contribution in [2.45, 2.75) is 38.4 Å². The molecule has 0 aromatic heterocycles. The zero-order valence-corrected chi connectivity index (χ0v) is 15.9. The summed E-state index contributed by atoms with van der Waals surface area (Å²) in [5.41, 5.74) is 1.85. The van der Waals surface area contributed by atoms with Crippen LogP contribution in [0, 0.1) is 0 Å². The SMILES string of the molecule is CCN(CC)S(=O)(=O)c1c2cccccc-2cc1[Si](C)(C)C. The second-order valence-corrected chi connectivity index (χ2v) is 13.4. The third kappa shape index (κ3) is 2.98. The predicted octanol–water partition coefficient (Wildman–Crippen LogP) is 3.37. The smallest absolute Gasteiger partial charge is 0.207 e. The van der Waals surface area contributed by atoms with Crippen molar-refractivity contribution in [3.8, 4) is 11.1 Å². The summed E-state index contributed by atoms with van der Waals surface area (Å²) in [5.74, 6) is 0. The Hall–Kier alpha value is -1.17. The van der Waals surface area contributed by atoms with E-state index in [1.54, 1.807) is 4.31 Å². The topological polar surface area (TPSA) is 37.4 Å². The lowest BCUT2D eigenvalue weighted by atomic mass is 10.2. The number of rotatable bonds is 5. The standard InChI is InChI=1S/C17H25NO2SSi/c1-6-18(7-2)21(19,20)17-15-12-10-8-9-11-14(15)13-16(17)22(3,4)5/h8-13H,6-7H2,1-5H3. The third-order valence-electron chi connectivity index (χ3n) is 3.97. The number of hydrogen-bond acceptors (Lipinski definition) is 2. The summed E-state index contributed by atoms with van der Waals surface area (Å²) in [5, 5.41) is 1.03. The average Bonchev–Trinajstić information content (AvgIpc) is 2.65. The van der Waals surface area contributed by atoms with E-state index >= 15 is 0 Å². The maximum atomic E-state index is 13.2. The summed E-state index contributed by atoms with van der Waals surface area (Å²) in [6.45, 7) is 11.4. The lowest BCUT2D eigenvalue weighted by molar-refractivity contribution is 0.446. The molecule has 0 saturated heterocycles. The van der Waals surface area contributed by atoms with Gasteiger partial charge in [-0.2, -0.15) is 4.31 Å². The van der Waals surface area contributed by atoms with E-state index in [9.17, 15) is 8.42 Å². The summed E-state index contributed by atoms with van der Waals surface area (Å²) in [6.07, 6.45) is 0. The summed E-state index contributed by atoms with van der Waals surface area (Å²) >= 11 is 0. The molecule has 0 fully saturated rings. The molecule has 0 heterocycles. The highest BCUT2D eigenvalue weighted by Gasteiger charge is 2.35. The van der Waals surface area contributed by atoms with Crippen LogP contribution in [-0.2, 0) is 10.0 Å². The van der Waals surface area contributed by atoms with Crippen molar-refractivity contribution in [1.82, 2.24) is 4.31 Å². The molecule has 0 atom stereocenters. The Labute approximate surface area is 135 Å². The monoisotopic (exact) mass is 335 g/mol. The Morgan fingerprint density at radius 1 is 1.00 bits per heavy atom. The molecule has 0 bridgehead atoms. The molecule has 0 aliphatic heterocycles. The van der Waals surface area contributed by atoms with Gasteiger partial charge in [-0.15, -0.1) is 0 Å².